The Labute approximate surface area is 84.6 Å². The number of hydrogen-bond acceptors (Lipinski definition) is 2. The highest BCUT2D eigenvalue weighted by atomic mass is 19.1. The summed E-state index contributed by atoms with van der Waals surface area (Å²) in [6.07, 6.45) is 1.10. The highest BCUT2D eigenvalue weighted by Gasteiger charge is 2.10. The standard InChI is InChI=1S/C11H17FN2/c1-4-8(2)9(3)13-11-7-5-6-10(12)14-11/h5-9H,4H2,1-3H3,(H,13,14). The van der Waals surface area contributed by atoms with E-state index in [2.05, 4.69) is 31.1 Å². The van der Waals surface area contributed by atoms with Crippen molar-refractivity contribution in [3.05, 3.63) is 24.1 Å². The van der Waals surface area contributed by atoms with E-state index in [1.54, 1.807) is 12.1 Å². The first-order valence-corrected chi connectivity index (χ1v) is 5.02. The third-order valence-electron chi connectivity index (χ3n) is 2.59. The molecule has 0 aromatic carbocycles. The molecule has 0 saturated heterocycles. The molecule has 0 fully saturated rings. The van der Waals surface area contributed by atoms with Gasteiger partial charge in [0.05, 0.1) is 0 Å². The van der Waals surface area contributed by atoms with Gasteiger partial charge in [-0.2, -0.15) is 4.39 Å². The van der Waals surface area contributed by atoms with E-state index in [1.807, 2.05) is 0 Å². The van der Waals surface area contributed by atoms with E-state index >= 15 is 0 Å². The summed E-state index contributed by atoms with van der Waals surface area (Å²) in [6, 6.07) is 5.10. The Hall–Kier alpha value is -1.12. The van der Waals surface area contributed by atoms with Crippen molar-refractivity contribution >= 4 is 5.82 Å². The van der Waals surface area contributed by atoms with Crippen LogP contribution in [0.25, 0.3) is 0 Å². The normalized spacial score (nSPS) is 14.9. The quantitative estimate of drug-likeness (QED) is 0.748. The van der Waals surface area contributed by atoms with E-state index in [0.717, 1.165) is 6.42 Å². The predicted octanol–water partition coefficient (Wildman–Crippen LogP) is 3.07. The molecule has 2 unspecified atom stereocenters. The zero-order valence-corrected chi connectivity index (χ0v) is 8.92. The van der Waals surface area contributed by atoms with Gasteiger partial charge >= 0.3 is 0 Å². The van der Waals surface area contributed by atoms with Crippen LogP contribution in [0.15, 0.2) is 18.2 Å². The van der Waals surface area contributed by atoms with Crippen LogP contribution in [-0.4, -0.2) is 11.0 Å². The van der Waals surface area contributed by atoms with Gasteiger partial charge in [0.2, 0.25) is 5.95 Å². The van der Waals surface area contributed by atoms with Crippen molar-refractivity contribution in [1.29, 1.82) is 0 Å². The minimum absolute atomic E-state index is 0.314. The number of nitrogens with one attached hydrogen (secondary N) is 1. The van der Waals surface area contributed by atoms with Crippen LogP contribution >= 0.6 is 0 Å². The van der Waals surface area contributed by atoms with Crippen molar-refractivity contribution in [2.75, 3.05) is 5.32 Å². The molecule has 0 spiro atoms. The van der Waals surface area contributed by atoms with Gasteiger partial charge in [0.25, 0.3) is 0 Å². The topological polar surface area (TPSA) is 24.9 Å². The van der Waals surface area contributed by atoms with E-state index in [9.17, 15) is 4.39 Å². The third-order valence-corrected chi connectivity index (χ3v) is 2.59. The van der Waals surface area contributed by atoms with Gasteiger partial charge in [0.1, 0.15) is 5.82 Å². The number of aromatic nitrogens is 1. The summed E-state index contributed by atoms with van der Waals surface area (Å²) < 4.78 is 12.7. The first kappa shape index (κ1) is 11.0. The van der Waals surface area contributed by atoms with Gasteiger partial charge in [0.15, 0.2) is 0 Å². The molecule has 0 amide bonds. The second kappa shape index (κ2) is 4.94. The zero-order chi connectivity index (χ0) is 10.6. The largest absolute Gasteiger partial charge is 0.367 e. The Morgan fingerprint density at radius 1 is 1.43 bits per heavy atom. The minimum atomic E-state index is -0.439. The van der Waals surface area contributed by atoms with Crippen LogP contribution in [0.2, 0.25) is 0 Å². The lowest BCUT2D eigenvalue weighted by atomic mass is 10.0. The van der Waals surface area contributed by atoms with Crippen molar-refractivity contribution in [2.45, 2.75) is 33.2 Å². The first-order chi connectivity index (χ1) is 6.63. The summed E-state index contributed by atoms with van der Waals surface area (Å²) in [5.41, 5.74) is 0. The molecule has 1 rings (SSSR count). The molecule has 2 atom stereocenters. The highest BCUT2D eigenvalue weighted by molar-refractivity contribution is 5.34. The molecule has 0 bridgehead atoms. The van der Waals surface area contributed by atoms with Crippen LogP contribution in [-0.2, 0) is 0 Å². The van der Waals surface area contributed by atoms with E-state index in [1.165, 1.54) is 6.07 Å². The highest BCUT2D eigenvalue weighted by Crippen LogP contribution is 2.12. The minimum Gasteiger partial charge on any atom is -0.367 e. The molecule has 78 valence electrons. The number of nitrogens with zero attached hydrogens (tertiary/aromatic N) is 1. The number of halogens is 1. The molecule has 1 aromatic heterocycles. The molecule has 2 nitrogen and oxygen atoms in total. The molecular formula is C11H17FN2. The number of anilines is 1. The molecule has 1 N–H and O–H groups in total. The summed E-state index contributed by atoms with van der Waals surface area (Å²) in [6.45, 7) is 6.39. The van der Waals surface area contributed by atoms with Gasteiger partial charge in [-0.05, 0) is 25.0 Å². The molecular weight excluding hydrogens is 179 g/mol. The number of rotatable bonds is 4. The van der Waals surface area contributed by atoms with E-state index < -0.39 is 5.95 Å². The van der Waals surface area contributed by atoms with E-state index in [-0.39, 0.29) is 0 Å². The molecule has 0 aliphatic carbocycles. The maximum absolute atomic E-state index is 12.7. The Bertz CT molecular complexity index is 288. The van der Waals surface area contributed by atoms with Crippen molar-refractivity contribution in [1.82, 2.24) is 4.98 Å². The summed E-state index contributed by atoms with van der Waals surface area (Å²) in [4.78, 5) is 3.75. The van der Waals surface area contributed by atoms with Gasteiger partial charge in [-0.15, -0.1) is 0 Å². The molecule has 0 aliphatic rings. The van der Waals surface area contributed by atoms with Crippen molar-refractivity contribution in [3.8, 4) is 0 Å². The Balaban J connectivity index is 2.60. The maximum atomic E-state index is 12.7. The van der Waals surface area contributed by atoms with Gasteiger partial charge in [-0.3, -0.25) is 0 Å². The van der Waals surface area contributed by atoms with Crippen molar-refractivity contribution < 1.29 is 4.39 Å². The lowest BCUT2D eigenvalue weighted by molar-refractivity contribution is 0.492. The van der Waals surface area contributed by atoms with Crippen LogP contribution in [0.3, 0.4) is 0 Å². The molecule has 0 saturated carbocycles. The van der Waals surface area contributed by atoms with E-state index in [4.69, 9.17) is 0 Å². The molecule has 3 heteroatoms. The van der Waals surface area contributed by atoms with Crippen LogP contribution in [0.1, 0.15) is 27.2 Å². The average molecular weight is 196 g/mol. The average Bonchev–Trinajstić information content (AvgIpc) is 2.16. The third kappa shape index (κ3) is 2.98. The second-order valence-electron chi connectivity index (χ2n) is 3.66. The van der Waals surface area contributed by atoms with Crippen LogP contribution in [0, 0.1) is 11.9 Å². The lowest BCUT2D eigenvalue weighted by Gasteiger charge is -2.20. The number of hydrogen-bond donors (Lipinski definition) is 1. The van der Waals surface area contributed by atoms with Gasteiger partial charge in [0, 0.05) is 6.04 Å². The van der Waals surface area contributed by atoms with Crippen molar-refractivity contribution in [2.24, 2.45) is 5.92 Å². The Morgan fingerprint density at radius 3 is 2.71 bits per heavy atom. The molecule has 1 heterocycles. The maximum Gasteiger partial charge on any atom is 0.214 e. The van der Waals surface area contributed by atoms with Crippen LogP contribution < -0.4 is 5.32 Å². The summed E-state index contributed by atoms with van der Waals surface area (Å²) in [7, 11) is 0. The fourth-order valence-corrected chi connectivity index (χ4v) is 1.22. The van der Waals surface area contributed by atoms with E-state index in [0.29, 0.717) is 17.8 Å². The lowest BCUT2D eigenvalue weighted by Crippen LogP contribution is -2.23. The molecule has 1 aromatic rings. The summed E-state index contributed by atoms with van der Waals surface area (Å²) >= 11 is 0. The SMILES string of the molecule is CCC(C)C(C)Nc1cccc(F)n1. The fraction of sp³-hybridized carbons (Fsp3) is 0.545. The fourth-order valence-electron chi connectivity index (χ4n) is 1.22. The monoisotopic (exact) mass is 196 g/mol. The van der Waals surface area contributed by atoms with Gasteiger partial charge < -0.3 is 5.32 Å². The van der Waals surface area contributed by atoms with Gasteiger partial charge in [-0.1, -0.05) is 26.3 Å². The second-order valence-corrected chi connectivity index (χ2v) is 3.66. The zero-order valence-electron chi connectivity index (χ0n) is 8.92. The predicted molar refractivity (Wildman–Crippen MR) is 56.7 cm³/mol. The van der Waals surface area contributed by atoms with Crippen molar-refractivity contribution in [3.63, 3.8) is 0 Å². The summed E-state index contributed by atoms with van der Waals surface area (Å²) in [5.74, 6) is 0.726. The number of pyridine rings is 1. The smallest absolute Gasteiger partial charge is 0.214 e. The Kier molecular flexibility index (Phi) is 3.86. The molecule has 0 aliphatic heterocycles. The first-order valence-electron chi connectivity index (χ1n) is 5.02. The molecule has 14 heavy (non-hydrogen) atoms. The molecule has 0 radical (unpaired) electrons. The van der Waals surface area contributed by atoms with Crippen LogP contribution in [0.4, 0.5) is 10.2 Å². The van der Waals surface area contributed by atoms with Gasteiger partial charge in [-0.25, -0.2) is 4.98 Å². The van der Waals surface area contributed by atoms with Crippen LogP contribution in [0.5, 0.6) is 0 Å². The summed E-state index contributed by atoms with van der Waals surface area (Å²) in [5, 5.41) is 3.18. The Morgan fingerprint density at radius 2 is 2.14 bits per heavy atom.